The number of benzene rings is 1. The SMILES string of the molecule is Nc1nccnc1-c1cccc(OC(F)(F)F)c1. The summed E-state index contributed by atoms with van der Waals surface area (Å²) in [5.41, 5.74) is 6.31. The van der Waals surface area contributed by atoms with Crippen LogP contribution in [0.3, 0.4) is 0 Å². The number of ether oxygens (including phenoxy) is 1. The van der Waals surface area contributed by atoms with Gasteiger partial charge in [-0.2, -0.15) is 0 Å². The molecule has 0 saturated carbocycles. The normalized spacial score (nSPS) is 11.3. The van der Waals surface area contributed by atoms with Crippen molar-refractivity contribution in [3.63, 3.8) is 0 Å². The van der Waals surface area contributed by atoms with Gasteiger partial charge in [-0.15, -0.1) is 13.2 Å². The first-order valence-corrected chi connectivity index (χ1v) is 4.88. The number of hydrogen-bond acceptors (Lipinski definition) is 4. The first-order chi connectivity index (χ1) is 8.46. The summed E-state index contributed by atoms with van der Waals surface area (Å²) >= 11 is 0. The number of hydrogen-bond donors (Lipinski definition) is 1. The van der Waals surface area contributed by atoms with Gasteiger partial charge in [-0.1, -0.05) is 12.1 Å². The Hall–Kier alpha value is -2.31. The third-order valence-corrected chi connectivity index (χ3v) is 2.07. The third-order valence-electron chi connectivity index (χ3n) is 2.07. The van der Waals surface area contributed by atoms with Crippen LogP contribution in [0.2, 0.25) is 0 Å². The van der Waals surface area contributed by atoms with Gasteiger partial charge >= 0.3 is 6.36 Å². The number of nitrogen functional groups attached to an aromatic ring is 1. The average molecular weight is 255 g/mol. The maximum Gasteiger partial charge on any atom is 0.573 e. The molecule has 0 unspecified atom stereocenters. The second-order valence-electron chi connectivity index (χ2n) is 3.37. The summed E-state index contributed by atoms with van der Waals surface area (Å²) in [5, 5.41) is 0. The van der Waals surface area contributed by atoms with Gasteiger partial charge in [0.1, 0.15) is 17.3 Å². The molecular weight excluding hydrogens is 247 g/mol. The van der Waals surface area contributed by atoms with E-state index in [4.69, 9.17) is 5.73 Å². The second-order valence-corrected chi connectivity index (χ2v) is 3.37. The zero-order valence-electron chi connectivity index (χ0n) is 8.98. The smallest absolute Gasteiger partial charge is 0.406 e. The summed E-state index contributed by atoms with van der Waals surface area (Å²) in [5.74, 6) is -0.188. The van der Waals surface area contributed by atoms with Crippen LogP contribution in [0.25, 0.3) is 11.3 Å². The zero-order chi connectivity index (χ0) is 13.2. The van der Waals surface area contributed by atoms with Gasteiger partial charge in [0, 0.05) is 18.0 Å². The number of aromatic nitrogens is 2. The fraction of sp³-hybridized carbons (Fsp3) is 0.0909. The minimum absolute atomic E-state index is 0.140. The van der Waals surface area contributed by atoms with Crippen molar-refractivity contribution >= 4 is 5.82 Å². The number of nitrogens with two attached hydrogens (primary N) is 1. The van der Waals surface area contributed by atoms with Crippen molar-refractivity contribution in [3.8, 4) is 17.0 Å². The molecule has 0 saturated heterocycles. The molecule has 2 aromatic rings. The van der Waals surface area contributed by atoms with Gasteiger partial charge in [-0.05, 0) is 12.1 Å². The Morgan fingerprint density at radius 2 is 1.83 bits per heavy atom. The lowest BCUT2D eigenvalue weighted by Gasteiger charge is -2.10. The molecule has 2 rings (SSSR count). The Kier molecular flexibility index (Phi) is 3.05. The topological polar surface area (TPSA) is 61.0 Å². The first kappa shape index (κ1) is 12.2. The highest BCUT2D eigenvalue weighted by atomic mass is 19.4. The maximum atomic E-state index is 12.1. The van der Waals surface area contributed by atoms with E-state index in [1.807, 2.05) is 0 Å². The summed E-state index contributed by atoms with van der Waals surface area (Å²) in [4.78, 5) is 7.77. The molecule has 1 heterocycles. The fourth-order valence-electron chi connectivity index (χ4n) is 1.41. The van der Waals surface area contributed by atoms with Crippen LogP contribution in [0.1, 0.15) is 0 Å². The lowest BCUT2D eigenvalue weighted by molar-refractivity contribution is -0.274. The fourth-order valence-corrected chi connectivity index (χ4v) is 1.41. The second kappa shape index (κ2) is 4.52. The number of nitrogens with zero attached hydrogens (tertiary/aromatic N) is 2. The average Bonchev–Trinajstić information content (AvgIpc) is 2.27. The van der Waals surface area contributed by atoms with Crippen molar-refractivity contribution in [1.29, 1.82) is 0 Å². The number of rotatable bonds is 2. The molecule has 0 bridgehead atoms. The molecule has 0 amide bonds. The molecule has 2 N–H and O–H groups in total. The van der Waals surface area contributed by atoms with E-state index in [0.717, 1.165) is 0 Å². The minimum atomic E-state index is -4.73. The van der Waals surface area contributed by atoms with E-state index in [1.165, 1.54) is 30.6 Å². The van der Waals surface area contributed by atoms with E-state index >= 15 is 0 Å². The molecule has 0 aliphatic heterocycles. The molecule has 1 aromatic carbocycles. The predicted octanol–water partition coefficient (Wildman–Crippen LogP) is 2.62. The van der Waals surface area contributed by atoms with E-state index in [2.05, 4.69) is 14.7 Å². The van der Waals surface area contributed by atoms with Crippen LogP contribution in [0.15, 0.2) is 36.7 Å². The first-order valence-electron chi connectivity index (χ1n) is 4.88. The van der Waals surface area contributed by atoms with Crippen LogP contribution in [0.5, 0.6) is 5.75 Å². The Labute approximate surface area is 100 Å². The maximum absolute atomic E-state index is 12.1. The van der Waals surface area contributed by atoms with Crippen molar-refractivity contribution in [3.05, 3.63) is 36.7 Å². The molecule has 0 atom stereocenters. The molecular formula is C11H8F3N3O. The molecule has 1 aromatic heterocycles. The van der Waals surface area contributed by atoms with Gasteiger partial charge in [0.05, 0.1) is 0 Å². The summed E-state index contributed by atoms with van der Waals surface area (Å²) < 4.78 is 40.1. The van der Waals surface area contributed by atoms with Gasteiger partial charge in [0.25, 0.3) is 0 Å². The van der Waals surface area contributed by atoms with Crippen LogP contribution in [0, 0.1) is 0 Å². The highest BCUT2D eigenvalue weighted by Crippen LogP contribution is 2.28. The Morgan fingerprint density at radius 1 is 1.11 bits per heavy atom. The van der Waals surface area contributed by atoms with Crippen molar-refractivity contribution in [2.75, 3.05) is 5.73 Å². The van der Waals surface area contributed by atoms with Crippen LogP contribution in [-0.4, -0.2) is 16.3 Å². The summed E-state index contributed by atoms with van der Waals surface area (Å²) in [6.45, 7) is 0. The van der Waals surface area contributed by atoms with Crippen molar-refractivity contribution < 1.29 is 17.9 Å². The molecule has 0 fully saturated rings. The Morgan fingerprint density at radius 3 is 2.50 bits per heavy atom. The zero-order valence-corrected chi connectivity index (χ0v) is 8.98. The van der Waals surface area contributed by atoms with Gasteiger partial charge in [-0.3, -0.25) is 4.98 Å². The number of anilines is 1. The molecule has 0 spiro atoms. The van der Waals surface area contributed by atoms with E-state index in [0.29, 0.717) is 11.3 Å². The predicted molar refractivity (Wildman–Crippen MR) is 58.6 cm³/mol. The van der Waals surface area contributed by atoms with E-state index in [9.17, 15) is 13.2 Å². The largest absolute Gasteiger partial charge is 0.573 e. The lowest BCUT2D eigenvalue weighted by atomic mass is 10.1. The number of alkyl halides is 3. The third kappa shape index (κ3) is 2.88. The summed E-state index contributed by atoms with van der Waals surface area (Å²) in [6.07, 6.45) is -1.93. The Balaban J connectivity index is 2.36. The van der Waals surface area contributed by atoms with Crippen LogP contribution in [-0.2, 0) is 0 Å². The molecule has 94 valence electrons. The molecule has 0 aliphatic rings. The summed E-state index contributed by atoms with van der Waals surface area (Å²) in [7, 11) is 0. The van der Waals surface area contributed by atoms with Gasteiger partial charge in [0.2, 0.25) is 0 Å². The standard InChI is InChI=1S/C11H8F3N3O/c12-11(13,14)18-8-3-1-2-7(6-8)9-10(15)17-5-4-16-9/h1-6H,(H2,15,17). The quantitative estimate of drug-likeness (QED) is 0.896. The number of halogens is 3. The molecule has 4 nitrogen and oxygen atoms in total. The highest BCUT2D eigenvalue weighted by molar-refractivity contribution is 5.70. The molecule has 0 radical (unpaired) electrons. The van der Waals surface area contributed by atoms with Crippen molar-refractivity contribution in [2.45, 2.75) is 6.36 Å². The van der Waals surface area contributed by atoms with E-state index in [1.54, 1.807) is 6.07 Å². The van der Waals surface area contributed by atoms with E-state index in [-0.39, 0.29) is 11.6 Å². The molecule has 7 heteroatoms. The van der Waals surface area contributed by atoms with Gasteiger partial charge in [0.15, 0.2) is 0 Å². The van der Waals surface area contributed by atoms with Crippen LogP contribution < -0.4 is 10.5 Å². The molecule has 18 heavy (non-hydrogen) atoms. The van der Waals surface area contributed by atoms with Crippen molar-refractivity contribution in [1.82, 2.24) is 9.97 Å². The highest BCUT2D eigenvalue weighted by Gasteiger charge is 2.31. The van der Waals surface area contributed by atoms with E-state index < -0.39 is 6.36 Å². The van der Waals surface area contributed by atoms with Crippen molar-refractivity contribution in [2.24, 2.45) is 0 Å². The van der Waals surface area contributed by atoms with Gasteiger partial charge in [-0.25, -0.2) is 4.98 Å². The summed E-state index contributed by atoms with van der Waals surface area (Å²) in [6, 6.07) is 5.39. The van der Waals surface area contributed by atoms with Gasteiger partial charge < -0.3 is 10.5 Å². The van der Waals surface area contributed by atoms with Crippen LogP contribution >= 0.6 is 0 Å². The molecule has 0 aliphatic carbocycles. The Bertz CT molecular complexity index is 557. The lowest BCUT2D eigenvalue weighted by Crippen LogP contribution is -2.17. The minimum Gasteiger partial charge on any atom is -0.406 e. The van der Waals surface area contributed by atoms with Crippen LogP contribution in [0.4, 0.5) is 19.0 Å². The monoisotopic (exact) mass is 255 g/mol.